The zero-order chi connectivity index (χ0) is 10.8. The first-order valence-corrected chi connectivity index (χ1v) is 5.64. The second-order valence-electron chi connectivity index (χ2n) is 3.69. The van der Waals surface area contributed by atoms with Crippen molar-refractivity contribution in [3.05, 3.63) is 0 Å². The number of carbonyl (C=O) groups is 1. The van der Waals surface area contributed by atoms with Gasteiger partial charge in [-0.25, -0.2) is 0 Å². The Morgan fingerprint density at radius 1 is 1.13 bits per heavy atom. The minimum atomic E-state index is -0.692. The zero-order valence-corrected chi connectivity index (χ0v) is 14.6. The molecule has 0 heterocycles. The van der Waals surface area contributed by atoms with Crippen LogP contribution in [0.15, 0.2) is 0 Å². The number of unbranched alkanes of at least 4 members (excludes halogenated alkanes) is 2. The molecule has 4 heteroatoms. The summed E-state index contributed by atoms with van der Waals surface area (Å²) in [4.78, 5) is 12.7. The summed E-state index contributed by atoms with van der Waals surface area (Å²) in [5, 5.41) is 8.59. The first-order valence-electron chi connectivity index (χ1n) is 5.64. The minimum absolute atomic E-state index is 0. The van der Waals surface area contributed by atoms with Gasteiger partial charge in [-0.05, 0) is 25.9 Å². The smallest absolute Gasteiger partial charge is 1.00 e. The fourth-order valence-electron chi connectivity index (χ4n) is 1.35. The fraction of sp³-hybridized carbons (Fsp3) is 0.909. The molecule has 0 unspecified atom stereocenters. The molecule has 0 atom stereocenters. The summed E-state index contributed by atoms with van der Waals surface area (Å²) in [5.74, 6) is -0.692. The van der Waals surface area contributed by atoms with Crippen LogP contribution < -0.4 is 0 Å². The molecule has 0 bridgehead atoms. The van der Waals surface area contributed by atoms with Crippen LogP contribution >= 0.6 is 0 Å². The van der Waals surface area contributed by atoms with Crippen molar-refractivity contribution in [2.24, 2.45) is 0 Å². The summed E-state index contributed by atoms with van der Waals surface area (Å²) in [6.45, 7) is 7.12. The Hall–Kier alpha value is 1.00. The van der Waals surface area contributed by atoms with Gasteiger partial charge in [-0.2, -0.15) is 0 Å². The summed E-state index contributed by atoms with van der Waals surface area (Å²) in [5.41, 5.74) is 0. The van der Waals surface area contributed by atoms with Crippen LogP contribution in [0.2, 0.25) is 0 Å². The Morgan fingerprint density at radius 2 is 1.60 bits per heavy atom. The maximum Gasteiger partial charge on any atom is 2.00 e. The molecule has 0 saturated heterocycles. The van der Waals surface area contributed by atoms with Crippen molar-refractivity contribution in [2.75, 3.05) is 19.6 Å². The number of rotatable bonds is 9. The van der Waals surface area contributed by atoms with Crippen LogP contribution in [-0.2, 0) is 4.79 Å². The van der Waals surface area contributed by atoms with Crippen molar-refractivity contribution >= 4 is 54.9 Å². The topological polar surface area (TPSA) is 40.5 Å². The minimum Gasteiger partial charge on any atom is -1.00 e. The second kappa shape index (κ2) is 13.1. The number of hydrogen-bond acceptors (Lipinski definition) is 2. The average molecular weight is 341 g/mol. The monoisotopic (exact) mass is 341 g/mol. The van der Waals surface area contributed by atoms with E-state index < -0.39 is 5.97 Å². The summed E-state index contributed by atoms with van der Waals surface area (Å²) in [7, 11) is 0. The van der Waals surface area contributed by atoms with Crippen molar-refractivity contribution in [1.29, 1.82) is 0 Å². The molecule has 15 heavy (non-hydrogen) atoms. The molecule has 0 aromatic rings. The van der Waals surface area contributed by atoms with Gasteiger partial charge in [0.25, 0.3) is 0 Å². The molecule has 88 valence electrons. The third-order valence-electron chi connectivity index (χ3n) is 2.30. The molecule has 0 saturated carbocycles. The van der Waals surface area contributed by atoms with Crippen molar-refractivity contribution in [1.82, 2.24) is 4.90 Å². The molecule has 0 aliphatic carbocycles. The Bertz CT molecular complexity index is 154. The predicted molar refractivity (Wildman–Crippen MR) is 66.5 cm³/mol. The van der Waals surface area contributed by atoms with Crippen molar-refractivity contribution < 1.29 is 12.8 Å². The van der Waals surface area contributed by atoms with Gasteiger partial charge in [-0.3, -0.25) is 4.79 Å². The van der Waals surface area contributed by atoms with Gasteiger partial charge in [-0.1, -0.05) is 26.7 Å². The van der Waals surface area contributed by atoms with Gasteiger partial charge in [0, 0.05) is 6.54 Å². The van der Waals surface area contributed by atoms with E-state index >= 15 is 0 Å². The summed E-state index contributed by atoms with van der Waals surface area (Å²) < 4.78 is 0. The SMILES string of the molecule is CCCCN(CCCC)CCC(=O)O.[Ba+2].[H-].[H-]. The summed E-state index contributed by atoms with van der Waals surface area (Å²) in [6, 6.07) is 0. The Balaban J connectivity index is -0.000000282. The fourth-order valence-corrected chi connectivity index (χ4v) is 1.35. The van der Waals surface area contributed by atoms with Crippen LogP contribution in [0, 0.1) is 0 Å². The Kier molecular flexibility index (Phi) is 16.0. The van der Waals surface area contributed by atoms with E-state index in [9.17, 15) is 4.79 Å². The van der Waals surface area contributed by atoms with Gasteiger partial charge < -0.3 is 12.9 Å². The van der Waals surface area contributed by atoms with Crippen LogP contribution in [-0.4, -0.2) is 84.5 Å². The van der Waals surface area contributed by atoms with Crippen molar-refractivity contribution in [3.63, 3.8) is 0 Å². The zero-order valence-electron chi connectivity index (χ0n) is 12.2. The van der Waals surface area contributed by atoms with E-state index in [1.54, 1.807) is 0 Å². The number of hydrogen-bond donors (Lipinski definition) is 1. The normalized spacial score (nSPS) is 10.1. The summed E-state index contributed by atoms with van der Waals surface area (Å²) >= 11 is 0. The third-order valence-corrected chi connectivity index (χ3v) is 2.30. The van der Waals surface area contributed by atoms with E-state index in [2.05, 4.69) is 18.7 Å². The molecule has 0 aromatic heterocycles. The molecule has 1 N–H and O–H groups in total. The van der Waals surface area contributed by atoms with Crippen LogP contribution in [0.25, 0.3) is 0 Å². The molecule has 0 amide bonds. The quantitative estimate of drug-likeness (QED) is 0.654. The van der Waals surface area contributed by atoms with Crippen LogP contribution in [0.5, 0.6) is 0 Å². The Labute approximate surface area is 137 Å². The molecule has 0 aliphatic rings. The predicted octanol–water partition coefficient (Wildman–Crippen LogP) is 2.21. The van der Waals surface area contributed by atoms with Gasteiger partial charge in [-0.15, -0.1) is 0 Å². The molecular formula is C11H25BaNO2. The van der Waals surface area contributed by atoms with E-state index in [4.69, 9.17) is 5.11 Å². The van der Waals surface area contributed by atoms with Crippen LogP contribution in [0.1, 0.15) is 48.8 Å². The molecular weight excluding hydrogens is 315 g/mol. The average Bonchev–Trinajstić information content (AvgIpc) is 2.16. The van der Waals surface area contributed by atoms with Gasteiger partial charge in [0.05, 0.1) is 6.42 Å². The number of aliphatic carboxylic acids is 1. The second-order valence-corrected chi connectivity index (χ2v) is 3.69. The van der Waals surface area contributed by atoms with E-state index in [1.807, 2.05) is 0 Å². The van der Waals surface area contributed by atoms with Gasteiger partial charge >= 0.3 is 54.9 Å². The first-order chi connectivity index (χ1) is 6.70. The summed E-state index contributed by atoms with van der Waals surface area (Å²) in [6.07, 6.45) is 4.96. The first kappa shape index (κ1) is 18.4. The molecule has 0 aliphatic heterocycles. The number of nitrogens with zero attached hydrogens (tertiary/aromatic N) is 1. The van der Waals surface area contributed by atoms with E-state index in [-0.39, 0.29) is 58.2 Å². The van der Waals surface area contributed by atoms with Gasteiger partial charge in [0.1, 0.15) is 0 Å². The number of carboxylic acid groups (broad SMARTS) is 1. The molecule has 0 radical (unpaired) electrons. The molecule has 0 fully saturated rings. The van der Waals surface area contributed by atoms with E-state index in [0.29, 0.717) is 6.54 Å². The molecule has 3 nitrogen and oxygen atoms in total. The van der Waals surface area contributed by atoms with Crippen LogP contribution in [0.4, 0.5) is 0 Å². The van der Waals surface area contributed by atoms with E-state index in [0.717, 1.165) is 13.1 Å². The standard InChI is InChI=1S/C11H23NO2.Ba.2H/c1-3-5-8-12(9-6-4-2)10-7-11(13)14;;;/h3-10H2,1-2H3,(H,13,14);;;/q;+2;2*-1. The molecule has 0 aromatic carbocycles. The van der Waals surface area contributed by atoms with Crippen molar-refractivity contribution in [2.45, 2.75) is 46.0 Å². The number of carboxylic acids is 1. The molecule has 0 rings (SSSR count). The Morgan fingerprint density at radius 3 is 1.93 bits per heavy atom. The maximum atomic E-state index is 10.4. The largest absolute Gasteiger partial charge is 2.00 e. The van der Waals surface area contributed by atoms with E-state index in [1.165, 1.54) is 25.7 Å². The molecule has 0 spiro atoms. The van der Waals surface area contributed by atoms with Gasteiger partial charge in [0.2, 0.25) is 0 Å². The maximum absolute atomic E-state index is 10.4. The van der Waals surface area contributed by atoms with Crippen LogP contribution in [0.3, 0.4) is 0 Å². The van der Waals surface area contributed by atoms with Crippen molar-refractivity contribution in [3.8, 4) is 0 Å². The van der Waals surface area contributed by atoms with Gasteiger partial charge in [0.15, 0.2) is 0 Å². The third kappa shape index (κ3) is 12.9.